The van der Waals surface area contributed by atoms with Gasteiger partial charge >= 0.3 is 6.36 Å². The normalized spacial score (nSPS) is 13.6. The summed E-state index contributed by atoms with van der Waals surface area (Å²) in [7, 11) is 0. The van der Waals surface area contributed by atoms with Crippen LogP contribution in [0.25, 0.3) is 5.78 Å². The van der Waals surface area contributed by atoms with Crippen molar-refractivity contribution < 1.29 is 27.4 Å². The molecule has 7 nitrogen and oxygen atoms in total. The topological polar surface area (TPSA) is 84.6 Å². The Morgan fingerprint density at radius 3 is 2.41 bits per heavy atom. The molecule has 29 heavy (non-hydrogen) atoms. The maximum absolute atomic E-state index is 14.7. The van der Waals surface area contributed by atoms with Crippen molar-refractivity contribution in [2.45, 2.75) is 45.7 Å². The van der Waals surface area contributed by atoms with Crippen LogP contribution in [0.5, 0.6) is 5.75 Å². The van der Waals surface area contributed by atoms with Crippen molar-refractivity contribution >= 4 is 11.6 Å². The van der Waals surface area contributed by atoms with Crippen LogP contribution in [0.15, 0.2) is 24.3 Å². The lowest BCUT2D eigenvalue weighted by molar-refractivity contribution is -0.274. The first-order chi connectivity index (χ1) is 13.3. The summed E-state index contributed by atoms with van der Waals surface area (Å²) in [5, 5.41) is 17.8. The number of ether oxygens (including phenoxy) is 1. The van der Waals surface area contributed by atoms with E-state index in [0.717, 1.165) is 12.1 Å². The van der Waals surface area contributed by atoms with Crippen LogP contribution in [-0.4, -0.2) is 36.7 Å². The number of rotatable bonds is 5. The molecular weight excluding hydrogens is 394 g/mol. The van der Waals surface area contributed by atoms with E-state index in [4.69, 9.17) is 0 Å². The van der Waals surface area contributed by atoms with E-state index in [1.807, 2.05) is 0 Å². The van der Waals surface area contributed by atoms with Gasteiger partial charge in [-0.1, -0.05) is 6.07 Å². The summed E-state index contributed by atoms with van der Waals surface area (Å²) < 4.78 is 56.9. The molecule has 0 radical (unpaired) electrons. The summed E-state index contributed by atoms with van der Waals surface area (Å²) in [6.07, 6.45) is -4.94. The predicted octanol–water partition coefficient (Wildman–Crippen LogP) is 3.70. The first-order valence-electron chi connectivity index (χ1n) is 8.58. The Balaban J connectivity index is 2.03. The average molecular weight is 413 g/mol. The van der Waals surface area contributed by atoms with Crippen molar-refractivity contribution in [3.63, 3.8) is 0 Å². The van der Waals surface area contributed by atoms with Crippen molar-refractivity contribution in [2.75, 3.05) is 5.32 Å². The summed E-state index contributed by atoms with van der Waals surface area (Å²) in [5.74, 6) is -0.500. The number of halogens is 4. The zero-order valence-corrected chi connectivity index (χ0v) is 16.0. The van der Waals surface area contributed by atoms with Gasteiger partial charge in [0.15, 0.2) is 0 Å². The Morgan fingerprint density at radius 2 is 1.83 bits per heavy atom. The van der Waals surface area contributed by atoms with Gasteiger partial charge in [0.1, 0.15) is 23.2 Å². The third-order valence-electron chi connectivity index (χ3n) is 4.06. The Kier molecular flexibility index (Phi) is 5.11. The maximum Gasteiger partial charge on any atom is 0.573 e. The van der Waals surface area contributed by atoms with E-state index in [9.17, 15) is 22.7 Å². The van der Waals surface area contributed by atoms with Crippen LogP contribution < -0.4 is 10.1 Å². The van der Waals surface area contributed by atoms with E-state index in [2.05, 4.69) is 25.1 Å². The maximum atomic E-state index is 14.7. The summed E-state index contributed by atoms with van der Waals surface area (Å²) >= 11 is 0. The number of nitrogens with one attached hydrogen (secondary N) is 1. The van der Waals surface area contributed by atoms with Gasteiger partial charge in [-0.3, -0.25) is 0 Å². The minimum absolute atomic E-state index is 0.0496. The smallest absolute Gasteiger partial charge is 0.406 e. The molecule has 0 saturated carbocycles. The Labute approximate surface area is 163 Å². The third-order valence-corrected chi connectivity index (χ3v) is 4.06. The number of anilines is 1. The highest BCUT2D eigenvalue weighted by atomic mass is 19.4. The average Bonchev–Trinajstić information content (AvgIpc) is 2.90. The summed E-state index contributed by atoms with van der Waals surface area (Å²) in [4.78, 5) is 8.43. The molecule has 0 spiro atoms. The van der Waals surface area contributed by atoms with Crippen molar-refractivity contribution in [3.05, 3.63) is 47.2 Å². The highest BCUT2D eigenvalue weighted by Crippen LogP contribution is 2.34. The molecule has 0 bridgehead atoms. The van der Waals surface area contributed by atoms with Gasteiger partial charge in [0.05, 0.1) is 11.6 Å². The molecule has 1 unspecified atom stereocenters. The molecule has 0 aliphatic heterocycles. The van der Waals surface area contributed by atoms with Gasteiger partial charge in [-0.15, -0.1) is 18.3 Å². The monoisotopic (exact) mass is 413 g/mol. The number of aryl methyl sites for hydroxylation is 2. The number of benzene rings is 1. The second-order valence-corrected chi connectivity index (χ2v) is 7.12. The molecule has 0 aliphatic rings. The van der Waals surface area contributed by atoms with Crippen LogP contribution >= 0.6 is 0 Å². The molecule has 2 aromatic heterocycles. The Morgan fingerprint density at radius 1 is 1.14 bits per heavy atom. The van der Waals surface area contributed by atoms with E-state index >= 15 is 0 Å². The molecule has 1 atom stereocenters. The van der Waals surface area contributed by atoms with Gasteiger partial charge in [0.25, 0.3) is 5.78 Å². The van der Waals surface area contributed by atoms with Gasteiger partial charge in [0.2, 0.25) is 0 Å². The first kappa shape index (κ1) is 20.8. The molecule has 3 rings (SSSR count). The fraction of sp³-hybridized carbons (Fsp3) is 0.389. The van der Waals surface area contributed by atoms with Crippen molar-refractivity contribution in [1.82, 2.24) is 19.6 Å². The summed E-state index contributed by atoms with van der Waals surface area (Å²) in [6, 6.07) is 3.34. The van der Waals surface area contributed by atoms with E-state index in [1.54, 1.807) is 19.9 Å². The van der Waals surface area contributed by atoms with E-state index < -0.39 is 29.6 Å². The number of nitrogens with zero attached hydrogens (tertiary/aromatic N) is 4. The number of fused-ring (bicyclic) bond motifs is 1. The van der Waals surface area contributed by atoms with Crippen molar-refractivity contribution in [3.8, 4) is 5.75 Å². The minimum atomic E-state index is -4.94. The quantitative estimate of drug-likeness (QED) is 0.621. The SMILES string of the molecule is Cc1cc(NC(c2ccc(OC(F)(F)F)cc2F)C(C)(C)O)n2nc(C)nc2n1. The second-order valence-electron chi connectivity index (χ2n) is 7.12. The molecule has 1 aromatic carbocycles. The van der Waals surface area contributed by atoms with E-state index in [1.165, 1.54) is 18.4 Å². The molecule has 0 amide bonds. The van der Waals surface area contributed by atoms with Crippen LogP contribution in [0.2, 0.25) is 0 Å². The number of aromatic nitrogens is 4. The summed E-state index contributed by atoms with van der Waals surface area (Å²) in [6.45, 7) is 6.31. The van der Waals surface area contributed by atoms with Crippen LogP contribution in [0.4, 0.5) is 23.4 Å². The fourth-order valence-electron chi connectivity index (χ4n) is 2.91. The molecule has 0 aliphatic carbocycles. The molecule has 2 N–H and O–H groups in total. The van der Waals surface area contributed by atoms with Crippen LogP contribution in [0.1, 0.15) is 37.0 Å². The highest BCUT2D eigenvalue weighted by Gasteiger charge is 2.34. The van der Waals surface area contributed by atoms with Crippen LogP contribution in [0, 0.1) is 19.7 Å². The predicted molar refractivity (Wildman–Crippen MR) is 96.0 cm³/mol. The lowest BCUT2D eigenvalue weighted by atomic mass is 9.91. The second kappa shape index (κ2) is 7.14. The van der Waals surface area contributed by atoms with Gasteiger partial charge in [-0.2, -0.15) is 9.50 Å². The molecule has 2 heterocycles. The number of aliphatic hydroxyl groups is 1. The molecule has 3 aromatic rings. The fourth-order valence-corrected chi connectivity index (χ4v) is 2.91. The van der Waals surface area contributed by atoms with Crippen molar-refractivity contribution in [1.29, 1.82) is 0 Å². The van der Waals surface area contributed by atoms with Crippen LogP contribution in [0.3, 0.4) is 0 Å². The van der Waals surface area contributed by atoms with E-state index in [0.29, 0.717) is 29.2 Å². The lowest BCUT2D eigenvalue weighted by Gasteiger charge is -2.31. The Bertz CT molecular complexity index is 1040. The molecule has 0 saturated heterocycles. The molecule has 11 heteroatoms. The van der Waals surface area contributed by atoms with Crippen LogP contribution in [-0.2, 0) is 0 Å². The molecular formula is C18H19F4N5O2. The molecule has 0 fully saturated rings. The van der Waals surface area contributed by atoms with Gasteiger partial charge in [-0.25, -0.2) is 9.37 Å². The highest BCUT2D eigenvalue weighted by molar-refractivity contribution is 5.48. The van der Waals surface area contributed by atoms with Gasteiger partial charge in [-0.05, 0) is 33.8 Å². The number of hydrogen-bond donors (Lipinski definition) is 2. The van der Waals surface area contributed by atoms with Gasteiger partial charge < -0.3 is 15.2 Å². The lowest BCUT2D eigenvalue weighted by Crippen LogP contribution is -2.35. The number of hydrogen-bond acceptors (Lipinski definition) is 6. The number of alkyl halides is 3. The first-order valence-corrected chi connectivity index (χ1v) is 8.58. The van der Waals surface area contributed by atoms with Crippen molar-refractivity contribution in [2.24, 2.45) is 0 Å². The standard InChI is InChI=1S/C18H19F4N5O2/c1-9-7-14(27-16(23-9)24-10(2)26-27)25-15(17(3,4)28)12-6-5-11(8-13(12)19)29-18(20,21)22/h5-8,15,25,28H,1-4H3. The zero-order chi connectivity index (χ0) is 21.6. The van der Waals surface area contributed by atoms with Gasteiger partial charge in [0, 0.05) is 23.4 Å². The minimum Gasteiger partial charge on any atom is -0.406 e. The Hall–Kier alpha value is -2.95. The largest absolute Gasteiger partial charge is 0.573 e. The molecule has 156 valence electrons. The zero-order valence-electron chi connectivity index (χ0n) is 16.0. The third kappa shape index (κ3) is 4.73. The summed E-state index contributed by atoms with van der Waals surface area (Å²) in [5.41, 5.74) is -0.936. The van der Waals surface area contributed by atoms with E-state index in [-0.39, 0.29) is 5.56 Å².